The molecule has 2 atom stereocenters. The molecule has 1 saturated carbocycles. The van der Waals surface area contributed by atoms with Crippen LogP contribution in [0.15, 0.2) is 53.0 Å². The molecule has 0 spiro atoms. The van der Waals surface area contributed by atoms with Crippen molar-refractivity contribution in [3.63, 3.8) is 0 Å². The van der Waals surface area contributed by atoms with Crippen LogP contribution >= 0.6 is 15.9 Å². The Kier molecular flexibility index (Phi) is 6.04. The Balaban J connectivity index is 1.33. The summed E-state index contributed by atoms with van der Waals surface area (Å²) in [4.78, 5) is 24.0. The Hall–Kier alpha value is -2.21. The maximum Gasteiger partial charge on any atom is 0.224 e. The summed E-state index contributed by atoms with van der Waals surface area (Å²) in [7, 11) is 0. The van der Waals surface area contributed by atoms with E-state index < -0.39 is 0 Å². The van der Waals surface area contributed by atoms with E-state index in [-0.39, 0.29) is 35.9 Å². The predicted octanol–water partition coefficient (Wildman–Crippen LogP) is 3.17. The summed E-state index contributed by atoms with van der Waals surface area (Å²) < 4.78 is 13.9. The normalized spacial score (nSPS) is 18.2. The number of halogens is 2. The second kappa shape index (κ2) is 8.45. The first-order valence-corrected chi connectivity index (χ1v) is 9.36. The van der Waals surface area contributed by atoms with E-state index in [1.54, 1.807) is 12.1 Å². The summed E-state index contributed by atoms with van der Waals surface area (Å²) in [5.74, 6) is -0.128. The molecule has 0 aliphatic heterocycles. The lowest BCUT2D eigenvalue weighted by atomic mass is 10.1. The van der Waals surface area contributed by atoms with Crippen LogP contribution in [0, 0.1) is 11.7 Å². The SMILES string of the molecule is O=C(Cc1ccc(F)cc1)NCCNC(=O)C1CC1c1ccc(Br)cc1. The van der Waals surface area contributed by atoms with Gasteiger partial charge in [-0.25, -0.2) is 4.39 Å². The number of benzene rings is 2. The largest absolute Gasteiger partial charge is 0.354 e. The molecule has 1 aliphatic carbocycles. The van der Waals surface area contributed by atoms with Gasteiger partial charge in [-0.1, -0.05) is 40.2 Å². The van der Waals surface area contributed by atoms with Gasteiger partial charge in [0, 0.05) is 23.5 Å². The first-order chi connectivity index (χ1) is 12.5. The van der Waals surface area contributed by atoms with Gasteiger partial charge >= 0.3 is 0 Å². The summed E-state index contributed by atoms with van der Waals surface area (Å²) in [6.07, 6.45) is 1.06. The van der Waals surface area contributed by atoms with Gasteiger partial charge < -0.3 is 10.6 Å². The van der Waals surface area contributed by atoms with Gasteiger partial charge in [0.1, 0.15) is 5.82 Å². The molecule has 4 nitrogen and oxygen atoms in total. The molecule has 0 bridgehead atoms. The van der Waals surface area contributed by atoms with Crippen molar-refractivity contribution in [3.05, 3.63) is 69.9 Å². The molecule has 2 amide bonds. The zero-order chi connectivity index (χ0) is 18.5. The molecule has 3 rings (SSSR count). The number of rotatable bonds is 7. The summed E-state index contributed by atoms with van der Waals surface area (Å²) in [5, 5.41) is 5.63. The highest BCUT2D eigenvalue weighted by Gasteiger charge is 2.43. The third-order valence-electron chi connectivity index (χ3n) is 4.45. The molecular weight excluding hydrogens is 399 g/mol. The minimum absolute atomic E-state index is 0.0195. The molecule has 0 radical (unpaired) electrons. The van der Waals surface area contributed by atoms with Crippen LogP contribution in [-0.2, 0) is 16.0 Å². The van der Waals surface area contributed by atoms with Crippen molar-refractivity contribution in [1.82, 2.24) is 10.6 Å². The van der Waals surface area contributed by atoms with Gasteiger partial charge in [-0.3, -0.25) is 9.59 Å². The first-order valence-electron chi connectivity index (χ1n) is 8.57. The third kappa shape index (κ3) is 5.14. The highest BCUT2D eigenvalue weighted by atomic mass is 79.9. The molecule has 2 aromatic rings. The van der Waals surface area contributed by atoms with Crippen LogP contribution in [0.25, 0.3) is 0 Å². The van der Waals surface area contributed by atoms with Crippen LogP contribution in [0.1, 0.15) is 23.5 Å². The predicted molar refractivity (Wildman–Crippen MR) is 101 cm³/mol. The van der Waals surface area contributed by atoms with E-state index in [1.807, 2.05) is 24.3 Å². The molecule has 6 heteroatoms. The Labute approximate surface area is 160 Å². The molecule has 1 fully saturated rings. The fraction of sp³-hybridized carbons (Fsp3) is 0.300. The number of amides is 2. The van der Waals surface area contributed by atoms with Crippen LogP contribution in [-0.4, -0.2) is 24.9 Å². The molecule has 26 heavy (non-hydrogen) atoms. The highest BCUT2D eigenvalue weighted by Crippen LogP contribution is 2.47. The summed E-state index contributed by atoms with van der Waals surface area (Å²) in [6.45, 7) is 0.777. The molecule has 1 aliphatic rings. The van der Waals surface area contributed by atoms with Crippen molar-refractivity contribution in [2.24, 2.45) is 5.92 Å². The van der Waals surface area contributed by atoms with Gasteiger partial charge in [0.05, 0.1) is 6.42 Å². The molecule has 0 heterocycles. The summed E-state index contributed by atoms with van der Waals surface area (Å²) in [5.41, 5.74) is 1.93. The zero-order valence-electron chi connectivity index (χ0n) is 14.2. The number of carbonyl (C=O) groups excluding carboxylic acids is 2. The second-order valence-corrected chi connectivity index (χ2v) is 7.36. The molecule has 136 valence electrons. The minimum atomic E-state index is -0.321. The van der Waals surface area contributed by atoms with Crippen molar-refractivity contribution in [2.45, 2.75) is 18.8 Å². The fourth-order valence-corrected chi connectivity index (χ4v) is 3.20. The average molecular weight is 419 g/mol. The van der Waals surface area contributed by atoms with Gasteiger partial charge in [-0.15, -0.1) is 0 Å². The lowest BCUT2D eigenvalue weighted by molar-refractivity contribution is -0.123. The van der Waals surface area contributed by atoms with Crippen molar-refractivity contribution in [3.8, 4) is 0 Å². The van der Waals surface area contributed by atoms with Gasteiger partial charge in [0.2, 0.25) is 11.8 Å². The van der Waals surface area contributed by atoms with E-state index >= 15 is 0 Å². The van der Waals surface area contributed by atoms with Crippen molar-refractivity contribution in [1.29, 1.82) is 0 Å². The van der Waals surface area contributed by atoms with Crippen molar-refractivity contribution >= 4 is 27.7 Å². The van der Waals surface area contributed by atoms with Gasteiger partial charge in [0.15, 0.2) is 0 Å². The molecule has 0 aromatic heterocycles. The van der Waals surface area contributed by atoms with Gasteiger partial charge in [-0.05, 0) is 47.7 Å². The Bertz CT molecular complexity index is 777. The minimum Gasteiger partial charge on any atom is -0.354 e. The molecule has 0 saturated heterocycles. The maximum atomic E-state index is 12.8. The van der Waals surface area contributed by atoms with Crippen molar-refractivity contribution < 1.29 is 14.0 Å². The average Bonchev–Trinajstić information content (AvgIpc) is 3.42. The molecule has 2 N–H and O–H groups in total. The standard InChI is InChI=1S/C20H20BrFN2O2/c21-15-5-3-14(4-6-15)17-12-18(17)20(26)24-10-9-23-19(25)11-13-1-7-16(22)8-2-13/h1-8,17-18H,9-12H2,(H,23,25)(H,24,26). The summed E-state index contributed by atoms with van der Waals surface area (Å²) in [6, 6.07) is 13.9. The maximum absolute atomic E-state index is 12.8. The molecular formula is C20H20BrFN2O2. The first kappa shape index (κ1) is 18.6. The number of hydrogen-bond donors (Lipinski definition) is 2. The second-order valence-electron chi connectivity index (χ2n) is 6.44. The third-order valence-corrected chi connectivity index (χ3v) is 4.98. The van der Waals surface area contributed by atoms with Crippen LogP contribution in [0.5, 0.6) is 0 Å². The van der Waals surface area contributed by atoms with E-state index in [4.69, 9.17) is 0 Å². The lowest BCUT2D eigenvalue weighted by Gasteiger charge is -2.07. The highest BCUT2D eigenvalue weighted by molar-refractivity contribution is 9.10. The smallest absolute Gasteiger partial charge is 0.224 e. The van der Waals surface area contributed by atoms with E-state index in [2.05, 4.69) is 26.6 Å². The van der Waals surface area contributed by atoms with E-state index in [9.17, 15) is 14.0 Å². The summed E-state index contributed by atoms with van der Waals surface area (Å²) >= 11 is 3.41. The van der Waals surface area contributed by atoms with Crippen LogP contribution in [0.2, 0.25) is 0 Å². The Morgan fingerprint density at radius 1 is 1.00 bits per heavy atom. The molecule has 2 unspecified atom stereocenters. The van der Waals surface area contributed by atoms with Crippen molar-refractivity contribution in [2.75, 3.05) is 13.1 Å². The van der Waals surface area contributed by atoms with Crippen LogP contribution < -0.4 is 10.6 Å². The van der Waals surface area contributed by atoms with Crippen LogP contribution in [0.4, 0.5) is 4.39 Å². The zero-order valence-corrected chi connectivity index (χ0v) is 15.8. The van der Waals surface area contributed by atoms with E-state index in [1.165, 1.54) is 17.7 Å². The fourth-order valence-electron chi connectivity index (χ4n) is 2.93. The van der Waals surface area contributed by atoms with Gasteiger partial charge in [-0.2, -0.15) is 0 Å². The Morgan fingerprint density at radius 2 is 1.65 bits per heavy atom. The van der Waals surface area contributed by atoms with E-state index in [0.29, 0.717) is 13.1 Å². The lowest BCUT2D eigenvalue weighted by Crippen LogP contribution is -2.36. The quantitative estimate of drug-likeness (QED) is 0.678. The topological polar surface area (TPSA) is 58.2 Å². The number of hydrogen-bond acceptors (Lipinski definition) is 2. The number of nitrogens with one attached hydrogen (secondary N) is 2. The number of carbonyl (C=O) groups is 2. The van der Waals surface area contributed by atoms with Crippen LogP contribution in [0.3, 0.4) is 0 Å². The Morgan fingerprint density at radius 3 is 2.35 bits per heavy atom. The van der Waals surface area contributed by atoms with Gasteiger partial charge in [0.25, 0.3) is 0 Å². The molecule has 2 aromatic carbocycles. The monoisotopic (exact) mass is 418 g/mol. The van der Waals surface area contributed by atoms with E-state index in [0.717, 1.165) is 16.5 Å².